The van der Waals surface area contributed by atoms with Crippen LogP contribution in [0.5, 0.6) is 0 Å². The summed E-state index contributed by atoms with van der Waals surface area (Å²) in [4.78, 5) is 29.8. The van der Waals surface area contributed by atoms with Crippen LogP contribution in [0.4, 0.5) is 0 Å². The molecule has 21 heavy (non-hydrogen) atoms. The van der Waals surface area contributed by atoms with Crippen molar-refractivity contribution in [1.82, 2.24) is 9.88 Å². The van der Waals surface area contributed by atoms with Crippen LogP contribution in [0.1, 0.15) is 32.0 Å². The number of hydrogen-bond donors (Lipinski definition) is 0. The molecule has 106 valence electrons. The maximum atomic E-state index is 12.2. The quantitative estimate of drug-likeness (QED) is 0.646. The van der Waals surface area contributed by atoms with E-state index in [1.165, 1.54) is 18.8 Å². The minimum absolute atomic E-state index is 0.248. The number of imide groups is 1. The number of aromatic nitrogens is 1. The molecule has 2 aromatic rings. The summed E-state index contributed by atoms with van der Waals surface area (Å²) >= 11 is 1.49. The molecule has 2 amide bonds. The molecule has 2 heterocycles. The van der Waals surface area contributed by atoms with E-state index in [4.69, 9.17) is 0 Å². The summed E-state index contributed by atoms with van der Waals surface area (Å²) < 4.78 is 0. The predicted octanol–water partition coefficient (Wildman–Crippen LogP) is 2.91. The van der Waals surface area contributed by atoms with Crippen molar-refractivity contribution in [1.29, 1.82) is 0 Å². The summed E-state index contributed by atoms with van der Waals surface area (Å²) in [6.07, 6.45) is 0. The van der Waals surface area contributed by atoms with E-state index in [9.17, 15) is 9.59 Å². The van der Waals surface area contributed by atoms with Gasteiger partial charge in [0.05, 0.1) is 11.1 Å². The maximum absolute atomic E-state index is 12.2. The number of hydrogen-bond acceptors (Lipinski definition) is 4. The fourth-order valence-electron chi connectivity index (χ4n) is 2.29. The summed E-state index contributed by atoms with van der Waals surface area (Å²) in [6.45, 7) is 1.84. The summed E-state index contributed by atoms with van der Waals surface area (Å²) in [7, 11) is 1.51. The van der Waals surface area contributed by atoms with Crippen LogP contribution in [-0.4, -0.2) is 28.7 Å². The number of carbonyl (C=O) groups excluding carboxylic acids is 2. The third-order valence-electron chi connectivity index (χ3n) is 3.39. The number of rotatable bonds is 3. The molecule has 3 rings (SSSR count). The number of aryl methyl sites for hydroxylation is 1. The first-order valence-electron chi connectivity index (χ1n) is 6.58. The fourth-order valence-corrected chi connectivity index (χ4v) is 3.34. The molecule has 1 aromatic heterocycles. The molecule has 0 N–H and O–H groups in total. The van der Waals surface area contributed by atoms with Crippen molar-refractivity contribution in [3.8, 4) is 0 Å². The van der Waals surface area contributed by atoms with Gasteiger partial charge in [0.2, 0.25) is 0 Å². The van der Waals surface area contributed by atoms with E-state index in [1.54, 1.807) is 6.07 Å². The predicted molar refractivity (Wildman–Crippen MR) is 81.4 cm³/mol. The Balaban J connectivity index is 1.95. The van der Waals surface area contributed by atoms with Crippen LogP contribution in [-0.2, 0) is 5.75 Å². The molecule has 0 atom stereocenters. The highest BCUT2D eigenvalue weighted by Crippen LogP contribution is 2.32. The highest BCUT2D eigenvalue weighted by atomic mass is 32.2. The highest BCUT2D eigenvalue weighted by molar-refractivity contribution is 7.98. The molecule has 0 aliphatic carbocycles. The van der Waals surface area contributed by atoms with E-state index in [0.29, 0.717) is 16.2 Å². The largest absolute Gasteiger partial charge is 0.277 e. The van der Waals surface area contributed by atoms with Gasteiger partial charge in [-0.1, -0.05) is 30.3 Å². The Hall–Kier alpha value is -2.14. The third kappa shape index (κ3) is 2.45. The Morgan fingerprint density at radius 1 is 1.14 bits per heavy atom. The molecule has 0 saturated carbocycles. The SMILES string of the molecule is Cc1cc2c(c(SCc3ccccc3)n1)C(=O)N(C)C2=O. The summed E-state index contributed by atoms with van der Waals surface area (Å²) in [5, 5.41) is 0.636. The van der Waals surface area contributed by atoms with E-state index in [1.807, 2.05) is 37.3 Å². The monoisotopic (exact) mass is 298 g/mol. The van der Waals surface area contributed by atoms with Gasteiger partial charge in [-0.25, -0.2) is 4.98 Å². The van der Waals surface area contributed by atoms with Gasteiger partial charge in [0, 0.05) is 18.5 Å². The zero-order valence-corrected chi connectivity index (χ0v) is 12.6. The van der Waals surface area contributed by atoms with Gasteiger partial charge in [0.1, 0.15) is 5.03 Å². The molecule has 1 aliphatic heterocycles. The van der Waals surface area contributed by atoms with Crippen LogP contribution in [0.25, 0.3) is 0 Å². The molecule has 5 heteroatoms. The highest BCUT2D eigenvalue weighted by Gasteiger charge is 2.36. The number of nitrogens with zero attached hydrogens (tertiary/aromatic N) is 2. The minimum atomic E-state index is -0.266. The maximum Gasteiger partial charge on any atom is 0.264 e. The topological polar surface area (TPSA) is 50.3 Å². The number of amides is 2. The first-order valence-corrected chi connectivity index (χ1v) is 7.57. The van der Waals surface area contributed by atoms with Crippen molar-refractivity contribution >= 4 is 23.6 Å². The fraction of sp³-hybridized carbons (Fsp3) is 0.188. The molecule has 0 saturated heterocycles. The molecule has 0 radical (unpaired) electrons. The average molecular weight is 298 g/mol. The van der Waals surface area contributed by atoms with E-state index >= 15 is 0 Å². The molecular weight excluding hydrogens is 284 g/mol. The Morgan fingerprint density at radius 2 is 1.86 bits per heavy atom. The number of benzene rings is 1. The summed E-state index contributed by atoms with van der Waals surface area (Å²) in [5.41, 5.74) is 2.81. The lowest BCUT2D eigenvalue weighted by Gasteiger charge is -2.07. The van der Waals surface area contributed by atoms with Crippen molar-refractivity contribution in [3.05, 3.63) is 58.8 Å². The van der Waals surface area contributed by atoms with Gasteiger partial charge >= 0.3 is 0 Å². The van der Waals surface area contributed by atoms with Gasteiger partial charge in [0.15, 0.2) is 0 Å². The zero-order valence-electron chi connectivity index (χ0n) is 11.8. The molecular formula is C16H14N2O2S. The third-order valence-corrected chi connectivity index (χ3v) is 4.43. The molecule has 1 aromatic carbocycles. The second-order valence-electron chi connectivity index (χ2n) is 4.93. The average Bonchev–Trinajstić information content (AvgIpc) is 2.71. The van der Waals surface area contributed by atoms with Gasteiger partial charge in [0.25, 0.3) is 11.8 Å². The van der Waals surface area contributed by atoms with Crippen molar-refractivity contribution < 1.29 is 9.59 Å². The summed E-state index contributed by atoms with van der Waals surface area (Å²) in [6, 6.07) is 11.7. The number of thioether (sulfide) groups is 1. The molecule has 1 aliphatic rings. The van der Waals surface area contributed by atoms with Gasteiger partial charge in [-0.3, -0.25) is 14.5 Å². The van der Waals surface area contributed by atoms with Crippen LogP contribution in [0, 0.1) is 6.92 Å². The normalized spacial score (nSPS) is 13.7. The zero-order chi connectivity index (χ0) is 15.0. The van der Waals surface area contributed by atoms with Crippen LogP contribution in [0.3, 0.4) is 0 Å². The molecule has 4 nitrogen and oxygen atoms in total. The molecule has 0 bridgehead atoms. The Labute approximate surface area is 127 Å². The minimum Gasteiger partial charge on any atom is -0.277 e. The van der Waals surface area contributed by atoms with Gasteiger partial charge < -0.3 is 0 Å². The second kappa shape index (κ2) is 5.33. The first kappa shape index (κ1) is 13.8. The lowest BCUT2D eigenvalue weighted by atomic mass is 10.1. The molecule has 0 unspecified atom stereocenters. The van der Waals surface area contributed by atoms with Crippen LogP contribution < -0.4 is 0 Å². The number of fused-ring (bicyclic) bond motifs is 1. The van der Waals surface area contributed by atoms with Crippen molar-refractivity contribution in [2.75, 3.05) is 7.05 Å². The lowest BCUT2D eigenvalue weighted by molar-refractivity contribution is 0.0692. The van der Waals surface area contributed by atoms with Crippen LogP contribution >= 0.6 is 11.8 Å². The van der Waals surface area contributed by atoms with Crippen LogP contribution in [0.15, 0.2) is 41.4 Å². The Kier molecular flexibility index (Phi) is 3.51. The van der Waals surface area contributed by atoms with Crippen molar-refractivity contribution in [2.24, 2.45) is 0 Å². The van der Waals surface area contributed by atoms with E-state index in [2.05, 4.69) is 4.98 Å². The number of carbonyl (C=O) groups is 2. The first-order chi connectivity index (χ1) is 10.1. The van der Waals surface area contributed by atoms with Crippen LogP contribution in [0.2, 0.25) is 0 Å². The second-order valence-corrected chi connectivity index (χ2v) is 5.90. The van der Waals surface area contributed by atoms with Gasteiger partial charge in [-0.05, 0) is 18.6 Å². The van der Waals surface area contributed by atoms with Crippen molar-refractivity contribution in [2.45, 2.75) is 17.7 Å². The van der Waals surface area contributed by atoms with E-state index < -0.39 is 0 Å². The smallest absolute Gasteiger partial charge is 0.264 e. The Bertz CT molecular complexity index is 729. The van der Waals surface area contributed by atoms with E-state index in [0.717, 1.165) is 21.9 Å². The molecule has 0 fully saturated rings. The van der Waals surface area contributed by atoms with Gasteiger partial charge in [-0.15, -0.1) is 11.8 Å². The van der Waals surface area contributed by atoms with Gasteiger partial charge in [-0.2, -0.15) is 0 Å². The summed E-state index contributed by atoms with van der Waals surface area (Å²) in [5.74, 6) is 0.203. The van der Waals surface area contributed by atoms with E-state index in [-0.39, 0.29) is 11.8 Å². The van der Waals surface area contributed by atoms with Crippen molar-refractivity contribution in [3.63, 3.8) is 0 Å². The lowest BCUT2D eigenvalue weighted by Crippen LogP contribution is -2.24. The Morgan fingerprint density at radius 3 is 2.57 bits per heavy atom. The number of pyridine rings is 1. The standard InChI is InChI=1S/C16H14N2O2S/c1-10-8-12-13(16(20)18(2)15(12)19)14(17-10)21-9-11-6-4-3-5-7-11/h3-8H,9H2,1-2H3. The molecule has 0 spiro atoms.